The summed E-state index contributed by atoms with van der Waals surface area (Å²) in [7, 11) is 0. The van der Waals surface area contributed by atoms with Gasteiger partial charge in [-0.15, -0.1) is 0 Å². The van der Waals surface area contributed by atoms with Gasteiger partial charge >= 0.3 is 5.97 Å². The Labute approximate surface area is 115 Å². The van der Waals surface area contributed by atoms with Gasteiger partial charge in [0.25, 0.3) is 11.6 Å². The predicted octanol–water partition coefficient (Wildman–Crippen LogP) is 1.35. The molecule has 1 amide bonds. The summed E-state index contributed by atoms with van der Waals surface area (Å²) in [6, 6.07) is 1.18. The number of carbonyl (C=O) groups is 2. The summed E-state index contributed by atoms with van der Waals surface area (Å²) in [5, 5.41) is 19.6. The maximum Gasteiger partial charge on any atom is 0.323 e. The van der Waals surface area contributed by atoms with Crippen LogP contribution in [0, 0.1) is 10.1 Å². The Morgan fingerprint density at radius 1 is 1.45 bits per heavy atom. The summed E-state index contributed by atoms with van der Waals surface area (Å²) in [6.45, 7) is 3.79. The minimum absolute atomic E-state index is 0.140. The Hall–Kier alpha value is -2.38. The van der Waals surface area contributed by atoms with E-state index in [4.69, 9.17) is 5.11 Å². The average molecular weight is 283 g/mol. The van der Waals surface area contributed by atoms with Gasteiger partial charge in [-0.3, -0.25) is 19.7 Å². The minimum atomic E-state index is -1.12. The van der Waals surface area contributed by atoms with Crippen LogP contribution in [0.15, 0.2) is 12.3 Å². The molecule has 8 heteroatoms. The van der Waals surface area contributed by atoms with Gasteiger partial charge in [0.1, 0.15) is 12.2 Å². The molecule has 0 aliphatic rings. The summed E-state index contributed by atoms with van der Waals surface area (Å²) < 4.78 is 1.49. The molecular formula is C12H17N3O5. The lowest BCUT2D eigenvalue weighted by Crippen LogP contribution is -2.36. The number of amides is 1. The molecule has 0 radical (unpaired) electrons. The maximum absolute atomic E-state index is 12.3. The Morgan fingerprint density at radius 2 is 2.10 bits per heavy atom. The van der Waals surface area contributed by atoms with E-state index in [9.17, 15) is 19.7 Å². The molecule has 0 atom stereocenters. The number of aromatic nitrogens is 1. The average Bonchev–Trinajstić information content (AvgIpc) is 2.79. The molecule has 20 heavy (non-hydrogen) atoms. The standard InChI is InChI=1S/C12H17N3O5/c1-3-5-14-7-9(15(19)20)6-10(14)12(18)13(4-2)8-11(16)17/h6-7H,3-5,8H2,1-2H3,(H,16,17). The zero-order chi connectivity index (χ0) is 15.3. The Bertz CT molecular complexity index is 523. The number of carbonyl (C=O) groups excluding carboxylic acids is 1. The number of nitrogens with zero attached hydrogens (tertiary/aromatic N) is 3. The number of hydrogen-bond donors (Lipinski definition) is 1. The lowest BCUT2D eigenvalue weighted by molar-refractivity contribution is -0.384. The molecule has 0 unspecified atom stereocenters. The molecule has 0 aliphatic carbocycles. The van der Waals surface area contributed by atoms with E-state index in [-0.39, 0.29) is 17.9 Å². The monoisotopic (exact) mass is 283 g/mol. The molecular weight excluding hydrogens is 266 g/mol. The highest BCUT2D eigenvalue weighted by molar-refractivity contribution is 5.95. The molecule has 0 saturated carbocycles. The number of nitro groups is 1. The molecule has 1 N–H and O–H groups in total. The second kappa shape index (κ2) is 6.69. The molecule has 1 rings (SSSR count). The highest BCUT2D eigenvalue weighted by Crippen LogP contribution is 2.18. The van der Waals surface area contributed by atoms with Crippen molar-refractivity contribution in [2.75, 3.05) is 13.1 Å². The van der Waals surface area contributed by atoms with Crippen LogP contribution >= 0.6 is 0 Å². The first-order valence-corrected chi connectivity index (χ1v) is 6.26. The van der Waals surface area contributed by atoms with E-state index in [1.54, 1.807) is 6.92 Å². The van der Waals surface area contributed by atoms with E-state index in [2.05, 4.69) is 0 Å². The number of carboxylic acid groups (broad SMARTS) is 1. The van der Waals surface area contributed by atoms with Crippen LogP contribution in [0.2, 0.25) is 0 Å². The van der Waals surface area contributed by atoms with E-state index in [0.29, 0.717) is 13.0 Å². The molecule has 0 spiro atoms. The van der Waals surface area contributed by atoms with Crippen molar-refractivity contribution in [2.45, 2.75) is 26.8 Å². The SMILES string of the molecule is CCCn1cc([N+](=O)[O-])cc1C(=O)N(CC)CC(=O)O. The fourth-order valence-electron chi connectivity index (χ4n) is 1.85. The van der Waals surface area contributed by atoms with Gasteiger partial charge in [-0.2, -0.15) is 0 Å². The molecule has 8 nitrogen and oxygen atoms in total. The van der Waals surface area contributed by atoms with E-state index >= 15 is 0 Å². The van der Waals surface area contributed by atoms with Gasteiger partial charge in [0.05, 0.1) is 11.1 Å². The zero-order valence-corrected chi connectivity index (χ0v) is 11.4. The quantitative estimate of drug-likeness (QED) is 0.600. The van der Waals surface area contributed by atoms with Crippen molar-refractivity contribution in [1.82, 2.24) is 9.47 Å². The number of likely N-dealkylation sites (N-methyl/N-ethyl adjacent to an activating group) is 1. The Balaban J connectivity index is 3.11. The fraction of sp³-hybridized carbons (Fsp3) is 0.500. The molecule has 0 fully saturated rings. The zero-order valence-electron chi connectivity index (χ0n) is 11.4. The number of hydrogen-bond acceptors (Lipinski definition) is 4. The van der Waals surface area contributed by atoms with Crippen LogP contribution < -0.4 is 0 Å². The summed E-state index contributed by atoms with van der Waals surface area (Å²) in [6.07, 6.45) is 2.00. The third-order valence-electron chi connectivity index (χ3n) is 2.77. The third-order valence-corrected chi connectivity index (χ3v) is 2.77. The number of carboxylic acids is 1. The molecule has 110 valence electrons. The highest BCUT2D eigenvalue weighted by Gasteiger charge is 2.24. The third kappa shape index (κ3) is 3.56. The van der Waals surface area contributed by atoms with Crippen LogP contribution in [0.3, 0.4) is 0 Å². The lowest BCUT2D eigenvalue weighted by atomic mass is 10.3. The number of aryl methyl sites for hydroxylation is 1. The van der Waals surface area contributed by atoms with Gasteiger partial charge in [-0.25, -0.2) is 0 Å². The molecule has 1 aromatic rings. The first-order chi connectivity index (χ1) is 9.40. The molecule has 0 bridgehead atoms. The molecule has 0 aliphatic heterocycles. The van der Waals surface area contributed by atoms with Crippen molar-refractivity contribution < 1.29 is 19.6 Å². The van der Waals surface area contributed by atoms with E-state index in [0.717, 1.165) is 4.90 Å². The van der Waals surface area contributed by atoms with Gasteiger partial charge in [0.15, 0.2) is 0 Å². The van der Waals surface area contributed by atoms with Crippen molar-refractivity contribution in [2.24, 2.45) is 0 Å². The fourth-order valence-corrected chi connectivity index (χ4v) is 1.85. The topological polar surface area (TPSA) is 106 Å². The Morgan fingerprint density at radius 3 is 2.55 bits per heavy atom. The molecule has 1 aromatic heterocycles. The predicted molar refractivity (Wildman–Crippen MR) is 70.6 cm³/mol. The van der Waals surface area contributed by atoms with Crippen molar-refractivity contribution in [3.05, 3.63) is 28.1 Å². The van der Waals surface area contributed by atoms with Crippen LogP contribution in [-0.2, 0) is 11.3 Å². The molecule has 1 heterocycles. The van der Waals surface area contributed by atoms with Gasteiger partial charge in [-0.1, -0.05) is 6.92 Å². The van der Waals surface area contributed by atoms with Crippen molar-refractivity contribution >= 4 is 17.6 Å². The van der Waals surface area contributed by atoms with E-state index in [1.165, 1.54) is 16.8 Å². The summed E-state index contributed by atoms with van der Waals surface area (Å²) >= 11 is 0. The first-order valence-electron chi connectivity index (χ1n) is 6.26. The van der Waals surface area contributed by atoms with Crippen molar-refractivity contribution in [1.29, 1.82) is 0 Å². The van der Waals surface area contributed by atoms with Crippen LogP contribution in [0.5, 0.6) is 0 Å². The highest BCUT2D eigenvalue weighted by atomic mass is 16.6. The van der Waals surface area contributed by atoms with E-state index < -0.39 is 23.3 Å². The summed E-state index contributed by atoms with van der Waals surface area (Å²) in [5.74, 6) is -1.64. The van der Waals surface area contributed by atoms with Crippen LogP contribution in [0.4, 0.5) is 5.69 Å². The summed E-state index contributed by atoms with van der Waals surface area (Å²) in [4.78, 5) is 34.3. The van der Waals surface area contributed by atoms with Gasteiger partial charge < -0.3 is 14.6 Å². The smallest absolute Gasteiger partial charge is 0.323 e. The van der Waals surface area contributed by atoms with Crippen LogP contribution in [0.25, 0.3) is 0 Å². The lowest BCUT2D eigenvalue weighted by Gasteiger charge is -2.19. The second-order valence-corrected chi connectivity index (χ2v) is 4.25. The summed E-state index contributed by atoms with van der Waals surface area (Å²) in [5.41, 5.74) is -0.0326. The van der Waals surface area contributed by atoms with E-state index in [1.807, 2.05) is 6.92 Å². The number of rotatable bonds is 7. The maximum atomic E-state index is 12.3. The van der Waals surface area contributed by atoms with Crippen molar-refractivity contribution in [3.8, 4) is 0 Å². The number of aliphatic carboxylic acids is 1. The first kappa shape index (κ1) is 15.7. The largest absolute Gasteiger partial charge is 0.480 e. The minimum Gasteiger partial charge on any atom is -0.480 e. The van der Waals surface area contributed by atoms with Gasteiger partial charge in [0.2, 0.25) is 0 Å². The Kier molecular flexibility index (Phi) is 5.24. The molecule has 0 aromatic carbocycles. The van der Waals surface area contributed by atoms with Gasteiger partial charge in [-0.05, 0) is 13.3 Å². The van der Waals surface area contributed by atoms with Crippen LogP contribution in [-0.4, -0.2) is 44.5 Å². The van der Waals surface area contributed by atoms with Crippen LogP contribution in [0.1, 0.15) is 30.8 Å². The van der Waals surface area contributed by atoms with Gasteiger partial charge in [0, 0.05) is 19.2 Å². The molecule has 0 saturated heterocycles. The normalized spacial score (nSPS) is 10.3. The van der Waals surface area contributed by atoms with Crippen molar-refractivity contribution in [3.63, 3.8) is 0 Å². The second-order valence-electron chi connectivity index (χ2n) is 4.25.